The number of para-hydroxylation sites is 1. The van der Waals surface area contributed by atoms with Crippen LogP contribution in [0.4, 0.5) is 5.69 Å². The zero-order valence-corrected chi connectivity index (χ0v) is 25.0. The van der Waals surface area contributed by atoms with Crippen molar-refractivity contribution in [2.45, 2.75) is 76.5 Å². The molecule has 0 aromatic heterocycles. The van der Waals surface area contributed by atoms with Gasteiger partial charge in [-0.25, -0.2) is 0 Å². The quantitative estimate of drug-likeness (QED) is 0.254. The predicted octanol–water partition coefficient (Wildman–Crippen LogP) is 4.19. The fourth-order valence-electron chi connectivity index (χ4n) is 7.40. The van der Waals surface area contributed by atoms with Crippen molar-refractivity contribution >= 4 is 23.4 Å². The molecular weight excluding hydrogens is 518 g/mol. The van der Waals surface area contributed by atoms with Crippen LogP contribution < -0.4 is 4.90 Å². The number of hydrogen-bond donors (Lipinski definition) is 1. The predicted molar refractivity (Wildman–Crippen MR) is 160 cm³/mol. The number of likely N-dealkylation sites (tertiary alicyclic amines) is 1. The van der Waals surface area contributed by atoms with Crippen molar-refractivity contribution in [2.24, 2.45) is 17.8 Å². The zero-order valence-electron chi connectivity index (χ0n) is 25.0. The fraction of sp³-hybridized carbons (Fsp3) is 0.606. The second-order valence-corrected chi connectivity index (χ2v) is 12.0. The Morgan fingerprint density at radius 3 is 2.44 bits per heavy atom. The van der Waals surface area contributed by atoms with E-state index in [-0.39, 0.29) is 30.2 Å². The van der Waals surface area contributed by atoms with E-state index in [1.807, 2.05) is 37.3 Å². The molecular formula is C33H47N3O5. The van der Waals surface area contributed by atoms with Gasteiger partial charge < -0.3 is 24.5 Å². The van der Waals surface area contributed by atoms with Crippen molar-refractivity contribution in [2.75, 3.05) is 37.7 Å². The minimum atomic E-state index is -1.08. The number of carbonyl (C=O) groups excluding carboxylic acids is 3. The third kappa shape index (κ3) is 5.37. The second-order valence-electron chi connectivity index (χ2n) is 12.0. The highest BCUT2D eigenvalue weighted by molar-refractivity contribution is 6.03. The van der Waals surface area contributed by atoms with Crippen LogP contribution >= 0.6 is 0 Å². The molecule has 4 rings (SSSR count). The fourth-order valence-corrected chi connectivity index (χ4v) is 7.40. The first kappa shape index (κ1) is 31.0. The van der Waals surface area contributed by atoms with Gasteiger partial charge in [-0.2, -0.15) is 0 Å². The van der Waals surface area contributed by atoms with E-state index in [2.05, 4.69) is 27.0 Å². The first-order valence-corrected chi connectivity index (χ1v) is 15.2. The van der Waals surface area contributed by atoms with E-state index < -0.39 is 29.1 Å². The van der Waals surface area contributed by atoms with Crippen LogP contribution in [0.25, 0.3) is 0 Å². The Balaban J connectivity index is 1.78. The highest BCUT2D eigenvalue weighted by atomic mass is 16.5. The SMILES string of the molecule is C=CCN(CCCC)C(=O)C1N(CCCCCO)C(=O)[C@@H]2[C@H](C(=O)N(CC=C)c3ccccc3)[C@@]3(C)OC12CC3C. The van der Waals surface area contributed by atoms with Gasteiger partial charge >= 0.3 is 0 Å². The van der Waals surface area contributed by atoms with Crippen molar-refractivity contribution in [1.29, 1.82) is 0 Å². The van der Waals surface area contributed by atoms with E-state index in [0.29, 0.717) is 45.4 Å². The summed E-state index contributed by atoms with van der Waals surface area (Å²) in [6.07, 6.45) is 7.76. The molecule has 3 fully saturated rings. The van der Waals surface area contributed by atoms with E-state index >= 15 is 0 Å². The Kier molecular flexibility index (Phi) is 9.75. The number of benzene rings is 1. The lowest BCUT2D eigenvalue weighted by Crippen LogP contribution is -2.57. The summed E-state index contributed by atoms with van der Waals surface area (Å²) in [5.74, 6) is -2.01. The van der Waals surface area contributed by atoms with Crippen LogP contribution in [0.15, 0.2) is 55.6 Å². The molecule has 3 aliphatic heterocycles. The van der Waals surface area contributed by atoms with Gasteiger partial charge in [0.1, 0.15) is 11.6 Å². The molecule has 3 amide bonds. The molecule has 3 unspecified atom stereocenters. The van der Waals surface area contributed by atoms with Gasteiger partial charge in [0.25, 0.3) is 0 Å². The smallest absolute Gasteiger partial charge is 0.248 e. The minimum absolute atomic E-state index is 0.0324. The molecule has 8 heteroatoms. The number of aliphatic hydroxyl groups excluding tert-OH is 1. The molecule has 1 aromatic carbocycles. The summed E-state index contributed by atoms with van der Waals surface area (Å²) in [6.45, 7) is 15.6. The molecule has 224 valence electrons. The van der Waals surface area contributed by atoms with Crippen molar-refractivity contribution in [3.8, 4) is 0 Å². The van der Waals surface area contributed by atoms with Crippen molar-refractivity contribution in [3.05, 3.63) is 55.6 Å². The monoisotopic (exact) mass is 565 g/mol. The van der Waals surface area contributed by atoms with Gasteiger partial charge in [-0.1, -0.05) is 50.6 Å². The number of nitrogens with zero attached hydrogens (tertiary/aromatic N) is 3. The molecule has 0 aliphatic carbocycles. The van der Waals surface area contributed by atoms with E-state index in [4.69, 9.17) is 4.74 Å². The highest BCUT2D eigenvalue weighted by Gasteiger charge is 2.80. The zero-order chi connectivity index (χ0) is 29.8. The molecule has 0 radical (unpaired) electrons. The molecule has 2 bridgehead atoms. The maximum Gasteiger partial charge on any atom is 0.248 e. The Hall–Kier alpha value is -2.97. The van der Waals surface area contributed by atoms with E-state index in [1.54, 1.807) is 26.9 Å². The maximum atomic E-state index is 14.5. The van der Waals surface area contributed by atoms with Crippen LogP contribution in [-0.4, -0.2) is 82.7 Å². The van der Waals surface area contributed by atoms with Crippen molar-refractivity contribution in [3.63, 3.8) is 0 Å². The number of rotatable bonds is 15. The van der Waals surface area contributed by atoms with Crippen molar-refractivity contribution < 1.29 is 24.2 Å². The first-order chi connectivity index (χ1) is 19.7. The van der Waals surface area contributed by atoms with Gasteiger partial charge in [0, 0.05) is 38.5 Å². The van der Waals surface area contributed by atoms with Crippen LogP contribution in [0.2, 0.25) is 0 Å². The summed E-state index contributed by atoms with van der Waals surface area (Å²) in [5.41, 5.74) is -1.23. The molecule has 3 saturated heterocycles. The second kappa shape index (κ2) is 12.9. The summed E-state index contributed by atoms with van der Waals surface area (Å²) in [7, 11) is 0. The Morgan fingerprint density at radius 2 is 1.80 bits per heavy atom. The standard InChI is InChI=1S/C33H47N3O5/c1-6-9-20-34(18-7-2)31(40)28-33-23-24(4)32(5,41-33)26(27(33)30(39)36(28)21-14-11-15-22-37)29(38)35(19-8-3)25-16-12-10-13-17-25/h7-8,10,12-13,16-17,24,26-28,37H,2-3,6,9,11,14-15,18-23H2,1,4-5H3/t24?,26-,27+,28?,32+,33?/m1/s1. The summed E-state index contributed by atoms with van der Waals surface area (Å²) in [5, 5.41) is 9.30. The van der Waals surface area contributed by atoms with Gasteiger partial charge in [-0.3, -0.25) is 14.4 Å². The number of anilines is 1. The molecule has 0 saturated carbocycles. The average molecular weight is 566 g/mol. The van der Waals surface area contributed by atoms with Crippen LogP contribution in [0.5, 0.6) is 0 Å². The number of aliphatic hydroxyl groups is 1. The molecule has 41 heavy (non-hydrogen) atoms. The van der Waals surface area contributed by atoms with Gasteiger partial charge in [0.2, 0.25) is 17.7 Å². The van der Waals surface area contributed by atoms with E-state index in [9.17, 15) is 19.5 Å². The van der Waals surface area contributed by atoms with Gasteiger partial charge in [0.05, 0.1) is 17.4 Å². The number of unbranched alkanes of at least 4 members (excludes halogenated alkanes) is 3. The van der Waals surface area contributed by atoms with Crippen LogP contribution in [-0.2, 0) is 19.1 Å². The van der Waals surface area contributed by atoms with Crippen LogP contribution in [0, 0.1) is 17.8 Å². The van der Waals surface area contributed by atoms with Gasteiger partial charge in [-0.05, 0) is 57.1 Å². The number of fused-ring (bicyclic) bond motifs is 1. The molecule has 3 heterocycles. The number of amides is 3. The largest absolute Gasteiger partial charge is 0.396 e. The normalized spacial score (nSPS) is 29.9. The highest BCUT2D eigenvalue weighted by Crippen LogP contribution is 2.65. The van der Waals surface area contributed by atoms with E-state index in [1.165, 1.54) is 0 Å². The Morgan fingerprint density at radius 1 is 1.10 bits per heavy atom. The lowest BCUT2D eigenvalue weighted by Gasteiger charge is -2.39. The summed E-state index contributed by atoms with van der Waals surface area (Å²) in [6, 6.07) is 8.63. The summed E-state index contributed by atoms with van der Waals surface area (Å²) in [4.78, 5) is 48.5. The van der Waals surface area contributed by atoms with Gasteiger partial charge in [0.15, 0.2) is 0 Å². The van der Waals surface area contributed by atoms with Crippen LogP contribution in [0.3, 0.4) is 0 Å². The number of ether oxygens (including phenoxy) is 1. The third-order valence-electron chi connectivity index (χ3n) is 9.46. The molecule has 6 atom stereocenters. The Labute approximate surface area is 245 Å². The maximum absolute atomic E-state index is 14.5. The topological polar surface area (TPSA) is 90.4 Å². The summed E-state index contributed by atoms with van der Waals surface area (Å²) < 4.78 is 6.93. The first-order valence-electron chi connectivity index (χ1n) is 15.2. The molecule has 8 nitrogen and oxygen atoms in total. The summed E-state index contributed by atoms with van der Waals surface area (Å²) >= 11 is 0. The Bertz CT molecular complexity index is 1130. The third-order valence-corrected chi connectivity index (χ3v) is 9.46. The number of hydrogen-bond acceptors (Lipinski definition) is 5. The average Bonchev–Trinajstić information content (AvgIpc) is 3.48. The molecule has 1 spiro atoms. The van der Waals surface area contributed by atoms with Gasteiger partial charge in [-0.15, -0.1) is 13.2 Å². The molecule has 1 aromatic rings. The van der Waals surface area contributed by atoms with Crippen molar-refractivity contribution in [1.82, 2.24) is 9.80 Å². The minimum Gasteiger partial charge on any atom is -0.396 e. The molecule has 3 aliphatic rings. The molecule has 1 N–H and O–H groups in total. The van der Waals surface area contributed by atoms with E-state index in [0.717, 1.165) is 24.9 Å². The lowest BCUT2D eigenvalue weighted by molar-refractivity contribution is -0.152. The number of carbonyl (C=O) groups is 3. The lowest BCUT2D eigenvalue weighted by atomic mass is 9.62. The van der Waals surface area contributed by atoms with Crippen LogP contribution in [0.1, 0.15) is 59.3 Å².